The van der Waals surface area contributed by atoms with E-state index in [0.717, 1.165) is 45.2 Å². The van der Waals surface area contributed by atoms with Gasteiger partial charge in [-0.05, 0) is 45.2 Å². The predicted molar refractivity (Wildman–Crippen MR) is 73.0 cm³/mol. The molecule has 2 unspecified atom stereocenters. The molecule has 110 valence electrons. The summed E-state index contributed by atoms with van der Waals surface area (Å²) in [5.74, 6) is 0.143. The van der Waals surface area contributed by atoms with Gasteiger partial charge in [0, 0.05) is 14.2 Å². The van der Waals surface area contributed by atoms with Crippen LogP contribution in [0.1, 0.15) is 32.1 Å². The minimum atomic E-state index is -0.360. The number of carbonyl (C=O) groups excluding carboxylic acids is 1. The minimum absolute atomic E-state index is 0.143. The first-order valence-electron chi connectivity index (χ1n) is 7.25. The van der Waals surface area contributed by atoms with Crippen molar-refractivity contribution in [3.05, 3.63) is 0 Å². The van der Waals surface area contributed by atoms with Crippen LogP contribution >= 0.6 is 0 Å². The Kier molecular flexibility index (Phi) is 5.19. The number of ether oxygens (including phenoxy) is 2. The molecule has 1 amide bonds. The number of hydrogen-bond donors (Lipinski definition) is 2. The van der Waals surface area contributed by atoms with E-state index in [9.17, 15) is 4.79 Å². The van der Waals surface area contributed by atoms with E-state index >= 15 is 0 Å². The summed E-state index contributed by atoms with van der Waals surface area (Å²) < 4.78 is 10.8. The fourth-order valence-corrected chi connectivity index (χ4v) is 3.31. The SMILES string of the molecule is COCC1(C(=O)NC2CCCC2OC)CCNCC1. The van der Waals surface area contributed by atoms with Gasteiger partial charge in [0.1, 0.15) is 0 Å². The van der Waals surface area contributed by atoms with Crippen LogP contribution in [-0.2, 0) is 14.3 Å². The van der Waals surface area contributed by atoms with Crippen molar-refractivity contribution in [2.45, 2.75) is 44.2 Å². The molecule has 0 spiro atoms. The topological polar surface area (TPSA) is 59.6 Å². The van der Waals surface area contributed by atoms with E-state index in [4.69, 9.17) is 9.47 Å². The molecule has 1 heterocycles. The largest absolute Gasteiger partial charge is 0.384 e. The summed E-state index contributed by atoms with van der Waals surface area (Å²) in [6.07, 6.45) is 5.05. The maximum atomic E-state index is 12.7. The van der Waals surface area contributed by atoms with Gasteiger partial charge in [0.05, 0.1) is 24.2 Å². The lowest BCUT2D eigenvalue weighted by atomic mass is 9.78. The summed E-state index contributed by atoms with van der Waals surface area (Å²) >= 11 is 0. The van der Waals surface area contributed by atoms with Crippen LogP contribution in [0.4, 0.5) is 0 Å². The number of nitrogens with one attached hydrogen (secondary N) is 2. The molecule has 2 fully saturated rings. The van der Waals surface area contributed by atoms with E-state index in [1.54, 1.807) is 14.2 Å². The van der Waals surface area contributed by atoms with Crippen molar-refractivity contribution >= 4 is 5.91 Å². The molecule has 5 heteroatoms. The van der Waals surface area contributed by atoms with Gasteiger partial charge in [0.15, 0.2) is 0 Å². The lowest BCUT2D eigenvalue weighted by Crippen LogP contribution is -2.53. The zero-order chi connectivity index (χ0) is 13.7. The molecule has 2 rings (SSSR count). The Morgan fingerprint density at radius 1 is 1.32 bits per heavy atom. The second kappa shape index (κ2) is 6.68. The molecule has 1 saturated heterocycles. The lowest BCUT2D eigenvalue weighted by Gasteiger charge is -2.37. The van der Waals surface area contributed by atoms with Gasteiger partial charge in [0.25, 0.3) is 0 Å². The fourth-order valence-electron chi connectivity index (χ4n) is 3.31. The van der Waals surface area contributed by atoms with E-state index < -0.39 is 0 Å². The summed E-state index contributed by atoms with van der Waals surface area (Å²) in [5.41, 5.74) is -0.360. The van der Waals surface area contributed by atoms with Gasteiger partial charge in [-0.3, -0.25) is 4.79 Å². The summed E-state index contributed by atoms with van der Waals surface area (Å²) in [6, 6.07) is 0.168. The Bertz CT molecular complexity index is 298. The van der Waals surface area contributed by atoms with Crippen molar-refractivity contribution in [1.82, 2.24) is 10.6 Å². The van der Waals surface area contributed by atoms with Crippen molar-refractivity contribution in [2.75, 3.05) is 33.9 Å². The number of amides is 1. The van der Waals surface area contributed by atoms with Crippen LogP contribution in [0.3, 0.4) is 0 Å². The normalized spacial score (nSPS) is 30.2. The maximum absolute atomic E-state index is 12.7. The smallest absolute Gasteiger partial charge is 0.228 e. The van der Waals surface area contributed by atoms with Crippen molar-refractivity contribution in [1.29, 1.82) is 0 Å². The zero-order valence-electron chi connectivity index (χ0n) is 12.0. The van der Waals surface area contributed by atoms with Gasteiger partial charge in [-0.1, -0.05) is 0 Å². The molecule has 0 aromatic heterocycles. The van der Waals surface area contributed by atoms with Crippen LogP contribution in [0.2, 0.25) is 0 Å². The zero-order valence-corrected chi connectivity index (χ0v) is 12.0. The van der Waals surface area contributed by atoms with Crippen molar-refractivity contribution in [3.63, 3.8) is 0 Å². The second-order valence-electron chi connectivity index (χ2n) is 5.75. The monoisotopic (exact) mass is 270 g/mol. The highest BCUT2D eigenvalue weighted by atomic mass is 16.5. The molecule has 0 bridgehead atoms. The van der Waals surface area contributed by atoms with E-state index in [-0.39, 0.29) is 23.5 Å². The molecule has 0 aromatic rings. The van der Waals surface area contributed by atoms with Gasteiger partial charge in [-0.25, -0.2) is 0 Å². The number of piperidine rings is 1. The standard InChI is InChI=1S/C14H26N2O3/c1-18-10-14(6-8-15-9-7-14)13(17)16-11-4-3-5-12(11)19-2/h11-12,15H,3-10H2,1-2H3,(H,16,17). The summed E-state index contributed by atoms with van der Waals surface area (Å²) in [4.78, 5) is 12.7. The fraction of sp³-hybridized carbons (Fsp3) is 0.929. The van der Waals surface area contributed by atoms with E-state index in [1.165, 1.54) is 0 Å². The number of carbonyl (C=O) groups is 1. The van der Waals surface area contributed by atoms with Gasteiger partial charge in [-0.2, -0.15) is 0 Å². The van der Waals surface area contributed by atoms with Gasteiger partial charge < -0.3 is 20.1 Å². The average molecular weight is 270 g/mol. The molecule has 1 aliphatic carbocycles. The molecule has 0 aromatic carbocycles. The van der Waals surface area contributed by atoms with Crippen molar-refractivity contribution < 1.29 is 14.3 Å². The number of methoxy groups -OCH3 is 2. The van der Waals surface area contributed by atoms with Crippen molar-refractivity contribution in [3.8, 4) is 0 Å². The summed E-state index contributed by atoms with van der Waals surface area (Å²) in [7, 11) is 3.40. The molecule has 5 nitrogen and oxygen atoms in total. The van der Waals surface area contributed by atoms with E-state index in [0.29, 0.717) is 6.61 Å². The van der Waals surface area contributed by atoms with Crippen molar-refractivity contribution in [2.24, 2.45) is 5.41 Å². The number of rotatable bonds is 5. The summed E-state index contributed by atoms with van der Waals surface area (Å²) in [6.45, 7) is 2.27. The number of hydrogen-bond acceptors (Lipinski definition) is 4. The van der Waals surface area contributed by atoms with Gasteiger partial charge in [-0.15, -0.1) is 0 Å². The van der Waals surface area contributed by atoms with Crippen LogP contribution in [0.15, 0.2) is 0 Å². The van der Waals surface area contributed by atoms with E-state index in [1.807, 2.05) is 0 Å². The lowest BCUT2D eigenvalue weighted by molar-refractivity contribution is -0.137. The predicted octanol–water partition coefficient (Wildman–Crippen LogP) is 0.686. The van der Waals surface area contributed by atoms with Crippen LogP contribution in [0, 0.1) is 5.41 Å². The maximum Gasteiger partial charge on any atom is 0.228 e. The molecule has 0 radical (unpaired) electrons. The molecular formula is C14H26N2O3. The third kappa shape index (κ3) is 3.27. The first-order chi connectivity index (χ1) is 9.22. The Balaban J connectivity index is 1.99. The first-order valence-corrected chi connectivity index (χ1v) is 7.25. The highest BCUT2D eigenvalue weighted by Gasteiger charge is 2.41. The molecule has 19 heavy (non-hydrogen) atoms. The first kappa shape index (κ1) is 14.8. The quantitative estimate of drug-likeness (QED) is 0.771. The third-order valence-electron chi connectivity index (χ3n) is 4.53. The Hall–Kier alpha value is -0.650. The molecule has 2 atom stereocenters. The Labute approximate surface area is 115 Å². The van der Waals surface area contributed by atoms with Crippen LogP contribution in [-0.4, -0.2) is 52.0 Å². The second-order valence-corrected chi connectivity index (χ2v) is 5.75. The minimum Gasteiger partial charge on any atom is -0.384 e. The summed E-state index contributed by atoms with van der Waals surface area (Å²) in [5, 5.41) is 6.51. The van der Waals surface area contributed by atoms with Crippen LogP contribution < -0.4 is 10.6 Å². The van der Waals surface area contributed by atoms with Crippen LogP contribution in [0.25, 0.3) is 0 Å². The van der Waals surface area contributed by atoms with Crippen LogP contribution in [0.5, 0.6) is 0 Å². The molecule has 1 aliphatic heterocycles. The Morgan fingerprint density at radius 3 is 2.68 bits per heavy atom. The average Bonchev–Trinajstić information content (AvgIpc) is 2.87. The molecule has 1 saturated carbocycles. The highest BCUT2D eigenvalue weighted by molar-refractivity contribution is 5.83. The molecular weight excluding hydrogens is 244 g/mol. The molecule has 2 aliphatic rings. The third-order valence-corrected chi connectivity index (χ3v) is 4.53. The highest BCUT2D eigenvalue weighted by Crippen LogP contribution is 2.31. The van der Waals surface area contributed by atoms with Gasteiger partial charge in [0.2, 0.25) is 5.91 Å². The van der Waals surface area contributed by atoms with E-state index in [2.05, 4.69) is 10.6 Å². The Morgan fingerprint density at radius 2 is 2.05 bits per heavy atom. The molecule has 2 N–H and O–H groups in total. The van der Waals surface area contributed by atoms with Gasteiger partial charge >= 0.3 is 0 Å².